The highest BCUT2D eigenvalue weighted by Crippen LogP contribution is 2.28. The van der Waals surface area contributed by atoms with E-state index in [-0.39, 0.29) is 6.29 Å². The zero-order chi connectivity index (χ0) is 14.5. The molecule has 1 aromatic carbocycles. The van der Waals surface area contributed by atoms with Crippen LogP contribution in [0.3, 0.4) is 0 Å². The molecule has 1 aromatic heterocycles. The van der Waals surface area contributed by atoms with E-state index in [9.17, 15) is 0 Å². The molecular formula is C15H19NO2S2. The van der Waals surface area contributed by atoms with E-state index in [0.717, 1.165) is 17.0 Å². The number of aromatic nitrogens is 1. The number of thiazole rings is 1. The maximum Gasteiger partial charge on any atom is 0.183 e. The fraction of sp³-hybridized carbons (Fsp3) is 0.400. The van der Waals surface area contributed by atoms with E-state index >= 15 is 0 Å². The number of ether oxygens (including phenoxy) is 2. The van der Waals surface area contributed by atoms with Crippen LogP contribution in [0, 0.1) is 13.8 Å². The summed E-state index contributed by atoms with van der Waals surface area (Å²) in [6, 6.07) is 8.27. The predicted molar refractivity (Wildman–Crippen MR) is 84.4 cm³/mol. The monoisotopic (exact) mass is 309 g/mol. The van der Waals surface area contributed by atoms with Crippen molar-refractivity contribution in [3.05, 3.63) is 45.4 Å². The van der Waals surface area contributed by atoms with Crippen molar-refractivity contribution < 1.29 is 9.47 Å². The number of hydrogen-bond acceptors (Lipinski definition) is 5. The normalized spacial score (nSPS) is 11.2. The molecule has 0 aliphatic carbocycles. The average molecular weight is 309 g/mol. The molecule has 0 N–H and O–H groups in total. The number of benzene rings is 1. The Morgan fingerprint density at radius 3 is 2.30 bits per heavy atom. The van der Waals surface area contributed by atoms with Crippen LogP contribution in [0.2, 0.25) is 0 Å². The molecule has 0 atom stereocenters. The van der Waals surface area contributed by atoms with Crippen molar-refractivity contribution >= 4 is 23.1 Å². The molecule has 108 valence electrons. The summed E-state index contributed by atoms with van der Waals surface area (Å²) in [6.07, 6.45) is -0.293. The Kier molecular flexibility index (Phi) is 5.60. The van der Waals surface area contributed by atoms with Crippen LogP contribution in [0.5, 0.6) is 0 Å². The van der Waals surface area contributed by atoms with Crippen molar-refractivity contribution in [2.24, 2.45) is 0 Å². The minimum absolute atomic E-state index is 0.293. The summed E-state index contributed by atoms with van der Waals surface area (Å²) in [5.74, 6) is 0.913. The Labute approximate surface area is 128 Å². The Morgan fingerprint density at radius 1 is 1.15 bits per heavy atom. The maximum atomic E-state index is 5.23. The third-order valence-electron chi connectivity index (χ3n) is 3.02. The average Bonchev–Trinajstić information content (AvgIpc) is 2.78. The van der Waals surface area contributed by atoms with Crippen molar-refractivity contribution in [1.82, 2.24) is 4.98 Å². The highest BCUT2D eigenvalue weighted by molar-refractivity contribution is 7.98. The van der Waals surface area contributed by atoms with Gasteiger partial charge in [-0.1, -0.05) is 12.1 Å². The van der Waals surface area contributed by atoms with Crippen LogP contribution in [0.4, 0.5) is 0 Å². The van der Waals surface area contributed by atoms with E-state index in [1.807, 2.05) is 12.1 Å². The summed E-state index contributed by atoms with van der Waals surface area (Å²) in [5, 5.41) is 1.18. The molecule has 0 aliphatic rings. The maximum absolute atomic E-state index is 5.23. The van der Waals surface area contributed by atoms with Crippen molar-refractivity contribution in [2.75, 3.05) is 14.2 Å². The highest BCUT2D eigenvalue weighted by atomic mass is 32.2. The van der Waals surface area contributed by atoms with E-state index in [2.05, 4.69) is 31.0 Å². The first-order valence-corrected chi connectivity index (χ1v) is 8.15. The van der Waals surface area contributed by atoms with Crippen LogP contribution in [-0.2, 0) is 15.2 Å². The van der Waals surface area contributed by atoms with Gasteiger partial charge in [0.1, 0.15) is 5.01 Å². The lowest BCUT2D eigenvalue weighted by atomic mass is 10.2. The summed E-state index contributed by atoms with van der Waals surface area (Å²) in [6.45, 7) is 4.18. The van der Waals surface area contributed by atoms with Gasteiger partial charge in [0.25, 0.3) is 0 Å². The first-order valence-electron chi connectivity index (χ1n) is 6.35. The number of hydrogen-bond donors (Lipinski definition) is 0. The second-order valence-corrected chi connectivity index (χ2v) is 6.75. The molecule has 0 saturated heterocycles. The number of thioether (sulfide) groups is 1. The minimum atomic E-state index is -0.293. The van der Waals surface area contributed by atoms with Crippen LogP contribution < -0.4 is 0 Å². The second-order valence-electron chi connectivity index (χ2n) is 4.41. The number of methoxy groups -OCH3 is 2. The smallest absolute Gasteiger partial charge is 0.183 e. The van der Waals surface area contributed by atoms with Crippen LogP contribution in [-0.4, -0.2) is 19.2 Å². The third-order valence-corrected chi connectivity index (χ3v) is 5.29. The van der Waals surface area contributed by atoms with Crippen molar-refractivity contribution in [3.8, 4) is 0 Å². The van der Waals surface area contributed by atoms with Gasteiger partial charge in [0.15, 0.2) is 6.29 Å². The van der Waals surface area contributed by atoms with Gasteiger partial charge in [-0.15, -0.1) is 23.1 Å². The van der Waals surface area contributed by atoms with E-state index in [1.54, 1.807) is 37.3 Å². The van der Waals surface area contributed by atoms with Crippen molar-refractivity contribution in [2.45, 2.75) is 30.8 Å². The molecule has 0 spiro atoms. The Morgan fingerprint density at radius 2 is 1.80 bits per heavy atom. The van der Waals surface area contributed by atoms with Crippen LogP contribution in [0.15, 0.2) is 29.2 Å². The molecule has 0 bridgehead atoms. The summed E-state index contributed by atoms with van der Waals surface area (Å²) in [5.41, 5.74) is 2.17. The largest absolute Gasteiger partial charge is 0.352 e. The summed E-state index contributed by atoms with van der Waals surface area (Å²) in [7, 11) is 3.29. The summed E-state index contributed by atoms with van der Waals surface area (Å²) < 4.78 is 10.5. The lowest BCUT2D eigenvalue weighted by Crippen LogP contribution is -2.02. The van der Waals surface area contributed by atoms with E-state index in [4.69, 9.17) is 9.47 Å². The molecule has 1 heterocycles. The molecule has 0 unspecified atom stereocenters. The molecule has 2 rings (SSSR count). The molecule has 20 heavy (non-hydrogen) atoms. The zero-order valence-electron chi connectivity index (χ0n) is 12.2. The number of nitrogens with zero attached hydrogens (tertiary/aromatic N) is 1. The van der Waals surface area contributed by atoms with Gasteiger partial charge < -0.3 is 9.47 Å². The molecule has 0 saturated carbocycles. The lowest BCUT2D eigenvalue weighted by molar-refractivity contribution is -0.106. The van der Waals surface area contributed by atoms with Gasteiger partial charge in [0, 0.05) is 29.6 Å². The minimum Gasteiger partial charge on any atom is -0.352 e. The van der Waals surface area contributed by atoms with Crippen LogP contribution in [0.25, 0.3) is 0 Å². The molecule has 0 aliphatic heterocycles. The van der Waals surface area contributed by atoms with E-state index in [1.165, 1.54) is 14.8 Å². The molecule has 2 aromatic rings. The highest BCUT2D eigenvalue weighted by Gasteiger charge is 2.09. The molecule has 0 fully saturated rings. The van der Waals surface area contributed by atoms with E-state index < -0.39 is 0 Å². The first-order chi connectivity index (χ1) is 9.63. The first kappa shape index (κ1) is 15.5. The van der Waals surface area contributed by atoms with E-state index in [0.29, 0.717) is 0 Å². The molecule has 5 heteroatoms. The second kappa shape index (κ2) is 7.22. The van der Waals surface area contributed by atoms with Crippen molar-refractivity contribution in [1.29, 1.82) is 0 Å². The van der Waals surface area contributed by atoms with Gasteiger partial charge >= 0.3 is 0 Å². The number of rotatable bonds is 6. The lowest BCUT2D eigenvalue weighted by Gasteiger charge is -2.13. The van der Waals surface area contributed by atoms with Gasteiger partial charge in [0.05, 0.1) is 11.4 Å². The summed E-state index contributed by atoms with van der Waals surface area (Å²) in [4.78, 5) is 7.09. The predicted octanol–water partition coefficient (Wildman–Crippen LogP) is 4.34. The standard InChI is InChI=1S/C15H19NO2S2/c1-10-11(2)20-14(16-10)9-19-13-7-5-12(6-8-13)15(17-3)18-4/h5-8,15H,9H2,1-4H3. The Hall–Kier alpha value is -0.880. The molecule has 0 radical (unpaired) electrons. The van der Waals surface area contributed by atoms with Crippen LogP contribution >= 0.6 is 23.1 Å². The number of aryl methyl sites for hydroxylation is 2. The zero-order valence-corrected chi connectivity index (χ0v) is 13.8. The molecular weight excluding hydrogens is 290 g/mol. The fourth-order valence-electron chi connectivity index (χ4n) is 1.84. The molecule has 3 nitrogen and oxygen atoms in total. The van der Waals surface area contributed by atoms with Crippen molar-refractivity contribution in [3.63, 3.8) is 0 Å². The summed E-state index contributed by atoms with van der Waals surface area (Å²) >= 11 is 3.57. The quantitative estimate of drug-likeness (QED) is 0.586. The Balaban J connectivity index is 1.97. The van der Waals surface area contributed by atoms with Gasteiger partial charge in [-0.3, -0.25) is 0 Å². The van der Waals surface area contributed by atoms with Gasteiger partial charge in [-0.05, 0) is 26.0 Å². The Bertz CT molecular complexity index is 528. The van der Waals surface area contributed by atoms with Gasteiger partial charge in [-0.2, -0.15) is 0 Å². The topological polar surface area (TPSA) is 31.4 Å². The molecule has 0 amide bonds. The third kappa shape index (κ3) is 3.82. The van der Waals surface area contributed by atoms with Crippen LogP contribution in [0.1, 0.15) is 27.4 Å². The SMILES string of the molecule is COC(OC)c1ccc(SCc2nc(C)c(C)s2)cc1. The fourth-order valence-corrected chi connectivity index (χ4v) is 3.66. The van der Waals surface area contributed by atoms with Gasteiger partial charge in [-0.25, -0.2) is 4.98 Å². The van der Waals surface area contributed by atoms with Gasteiger partial charge in [0.2, 0.25) is 0 Å².